The summed E-state index contributed by atoms with van der Waals surface area (Å²) in [6, 6.07) is 7.13. The largest absolute Gasteiger partial charge is 0.345 e. The van der Waals surface area contributed by atoms with Crippen LogP contribution in [0.4, 0.5) is 10.2 Å². The third-order valence-electron chi connectivity index (χ3n) is 5.65. The highest BCUT2D eigenvalue weighted by atomic mass is 32.1. The van der Waals surface area contributed by atoms with Crippen LogP contribution in [-0.2, 0) is 19.4 Å². The summed E-state index contributed by atoms with van der Waals surface area (Å²) in [5, 5.41) is 1.29. The second-order valence-corrected chi connectivity index (χ2v) is 8.32. The van der Waals surface area contributed by atoms with Gasteiger partial charge in [-0.15, -0.1) is 11.3 Å². The molecular formula is C20H22FN4S+. The Morgan fingerprint density at radius 2 is 1.96 bits per heavy atom. The van der Waals surface area contributed by atoms with Gasteiger partial charge in [-0.05, 0) is 30.9 Å². The lowest BCUT2D eigenvalue weighted by molar-refractivity contribution is -0.914. The average Bonchev–Trinajstić information content (AvgIpc) is 3.25. The maximum absolute atomic E-state index is 13.9. The minimum absolute atomic E-state index is 0.0891. The molecule has 0 atom stereocenters. The molecule has 0 saturated carbocycles. The van der Waals surface area contributed by atoms with Gasteiger partial charge in [-0.1, -0.05) is 18.2 Å². The van der Waals surface area contributed by atoms with Crippen LogP contribution in [0.3, 0.4) is 0 Å². The molecule has 0 unspecified atom stereocenters. The predicted molar refractivity (Wildman–Crippen MR) is 102 cm³/mol. The second-order valence-electron chi connectivity index (χ2n) is 7.24. The lowest BCUT2D eigenvalue weighted by atomic mass is 10.1. The number of halogens is 1. The summed E-state index contributed by atoms with van der Waals surface area (Å²) < 4.78 is 13.9. The molecule has 4 nitrogen and oxygen atoms in total. The molecule has 1 N–H and O–H groups in total. The van der Waals surface area contributed by atoms with E-state index in [0.29, 0.717) is 0 Å². The lowest BCUT2D eigenvalue weighted by Gasteiger charge is -2.33. The number of benzene rings is 1. The molecule has 0 spiro atoms. The number of piperazine rings is 1. The number of nitrogens with zero attached hydrogens (tertiary/aromatic N) is 3. The van der Waals surface area contributed by atoms with Crippen LogP contribution >= 0.6 is 11.3 Å². The Kier molecular flexibility index (Phi) is 4.10. The van der Waals surface area contributed by atoms with E-state index in [0.717, 1.165) is 55.4 Å². The summed E-state index contributed by atoms with van der Waals surface area (Å²) in [5.74, 6) is 1.02. The molecule has 2 aromatic heterocycles. The van der Waals surface area contributed by atoms with Crippen molar-refractivity contribution in [1.82, 2.24) is 9.97 Å². The average molecular weight is 369 g/mol. The second kappa shape index (κ2) is 6.59. The number of quaternary nitrogens is 1. The fourth-order valence-corrected chi connectivity index (χ4v) is 5.50. The molecule has 3 heterocycles. The van der Waals surface area contributed by atoms with Crippen LogP contribution in [0.2, 0.25) is 0 Å². The Bertz CT molecular complexity index is 946. The van der Waals surface area contributed by atoms with Crippen molar-refractivity contribution >= 4 is 27.4 Å². The number of nitrogens with one attached hydrogen (secondary N) is 1. The van der Waals surface area contributed by atoms with Gasteiger partial charge in [-0.2, -0.15) is 0 Å². The molecule has 6 heteroatoms. The predicted octanol–water partition coefficient (Wildman–Crippen LogP) is 2.22. The summed E-state index contributed by atoms with van der Waals surface area (Å²) in [5.41, 5.74) is 2.30. The van der Waals surface area contributed by atoms with Gasteiger partial charge in [-0.3, -0.25) is 0 Å². The third-order valence-corrected chi connectivity index (χ3v) is 6.85. The van der Waals surface area contributed by atoms with Crippen LogP contribution in [0.5, 0.6) is 0 Å². The fraction of sp³-hybridized carbons (Fsp3) is 0.400. The van der Waals surface area contributed by atoms with Gasteiger partial charge in [0.25, 0.3) is 0 Å². The van der Waals surface area contributed by atoms with E-state index in [1.807, 2.05) is 23.5 Å². The summed E-state index contributed by atoms with van der Waals surface area (Å²) in [4.78, 5) is 15.7. The quantitative estimate of drug-likeness (QED) is 0.769. The molecule has 1 aromatic carbocycles. The number of thiophene rings is 1. The topological polar surface area (TPSA) is 33.5 Å². The first-order chi connectivity index (χ1) is 12.8. The minimum atomic E-state index is -0.0891. The van der Waals surface area contributed by atoms with Gasteiger partial charge in [0.2, 0.25) is 0 Å². The molecule has 1 fully saturated rings. The van der Waals surface area contributed by atoms with Crippen molar-refractivity contribution in [2.75, 3.05) is 31.1 Å². The smallest absolute Gasteiger partial charge is 0.141 e. The molecule has 1 aliphatic heterocycles. The normalized spacial score (nSPS) is 17.8. The minimum Gasteiger partial charge on any atom is -0.345 e. The van der Waals surface area contributed by atoms with Crippen LogP contribution < -0.4 is 9.80 Å². The highest BCUT2D eigenvalue weighted by molar-refractivity contribution is 7.19. The Morgan fingerprint density at radius 1 is 1.12 bits per heavy atom. The Balaban J connectivity index is 1.35. The van der Waals surface area contributed by atoms with Crippen LogP contribution in [0.15, 0.2) is 30.6 Å². The van der Waals surface area contributed by atoms with E-state index in [1.54, 1.807) is 18.5 Å². The first kappa shape index (κ1) is 16.1. The standard InChI is InChI=1S/C20H21FN4S/c21-16-6-2-1-4-14(16)12-24-8-10-25(11-9-24)19-18-15-5-3-7-17(15)26-20(18)23-13-22-19/h1-2,4,6,13H,3,5,7-12H2/p+1. The van der Waals surface area contributed by atoms with Crippen LogP contribution in [0.25, 0.3) is 10.2 Å². The van der Waals surface area contributed by atoms with Gasteiger partial charge in [0.05, 0.1) is 31.6 Å². The molecule has 0 bridgehead atoms. The van der Waals surface area contributed by atoms with E-state index in [2.05, 4.69) is 14.9 Å². The van der Waals surface area contributed by atoms with E-state index in [1.165, 1.54) is 33.6 Å². The number of aryl methyl sites for hydroxylation is 2. The number of anilines is 1. The van der Waals surface area contributed by atoms with E-state index in [4.69, 9.17) is 0 Å². The molecule has 134 valence electrons. The monoisotopic (exact) mass is 369 g/mol. The maximum Gasteiger partial charge on any atom is 0.141 e. The van der Waals surface area contributed by atoms with Gasteiger partial charge >= 0.3 is 0 Å². The first-order valence-electron chi connectivity index (χ1n) is 9.37. The third kappa shape index (κ3) is 2.77. The Hall–Kier alpha value is -2.05. The van der Waals surface area contributed by atoms with Gasteiger partial charge in [0, 0.05) is 10.4 Å². The molecule has 2 aliphatic rings. The zero-order valence-electron chi connectivity index (χ0n) is 14.7. The highest BCUT2D eigenvalue weighted by Crippen LogP contribution is 2.40. The number of hydrogen-bond acceptors (Lipinski definition) is 4. The Morgan fingerprint density at radius 3 is 2.81 bits per heavy atom. The SMILES string of the molecule is Fc1ccccc1C[NH+]1CCN(c2ncnc3sc4c(c23)CCC4)CC1. The van der Waals surface area contributed by atoms with Crippen molar-refractivity contribution in [1.29, 1.82) is 0 Å². The maximum atomic E-state index is 13.9. The van der Waals surface area contributed by atoms with Crippen molar-refractivity contribution in [3.63, 3.8) is 0 Å². The number of aromatic nitrogens is 2. The molecule has 3 aromatic rings. The van der Waals surface area contributed by atoms with Gasteiger partial charge < -0.3 is 9.80 Å². The molecule has 1 saturated heterocycles. The first-order valence-corrected chi connectivity index (χ1v) is 10.2. The molecular weight excluding hydrogens is 347 g/mol. The molecule has 5 rings (SSSR count). The van der Waals surface area contributed by atoms with E-state index >= 15 is 0 Å². The Labute approximate surface area is 156 Å². The van der Waals surface area contributed by atoms with Crippen molar-refractivity contribution < 1.29 is 9.29 Å². The summed E-state index contributed by atoms with van der Waals surface area (Å²) in [7, 11) is 0. The molecule has 1 aliphatic carbocycles. The number of rotatable bonds is 3. The van der Waals surface area contributed by atoms with E-state index in [-0.39, 0.29) is 5.82 Å². The molecule has 0 radical (unpaired) electrons. The highest BCUT2D eigenvalue weighted by Gasteiger charge is 2.27. The van der Waals surface area contributed by atoms with Gasteiger partial charge in [0.1, 0.15) is 29.3 Å². The van der Waals surface area contributed by atoms with Crippen molar-refractivity contribution in [3.8, 4) is 0 Å². The van der Waals surface area contributed by atoms with Crippen molar-refractivity contribution in [2.24, 2.45) is 0 Å². The van der Waals surface area contributed by atoms with E-state index in [9.17, 15) is 4.39 Å². The van der Waals surface area contributed by atoms with Gasteiger partial charge in [0.15, 0.2) is 0 Å². The van der Waals surface area contributed by atoms with Crippen LogP contribution in [0, 0.1) is 5.82 Å². The van der Waals surface area contributed by atoms with Crippen LogP contribution in [0.1, 0.15) is 22.4 Å². The van der Waals surface area contributed by atoms with Gasteiger partial charge in [-0.25, -0.2) is 14.4 Å². The van der Waals surface area contributed by atoms with Crippen molar-refractivity contribution in [3.05, 3.63) is 52.4 Å². The van der Waals surface area contributed by atoms with E-state index < -0.39 is 0 Å². The van der Waals surface area contributed by atoms with Crippen molar-refractivity contribution in [2.45, 2.75) is 25.8 Å². The summed E-state index contributed by atoms with van der Waals surface area (Å²) in [6.07, 6.45) is 5.32. The summed E-state index contributed by atoms with van der Waals surface area (Å²) >= 11 is 1.84. The lowest BCUT2D eigenvalue weighted by Crippen LogP contribution is -3.13. The zero-order valence-corrected chi connectivity index (χ0v) is 15.5. The number of hydrogen-bond donors (Lipinski definition) is 1. The number of fused-ring (bicyclic) bond motifs is 3. The summed E-state index contributed by atoms with van der Waals surface area (Å²) in [6.45, 7) is 4.69. The van der Waals surface area contributed by atoms with Crippen LogP contribution in [-0.4, -0.2) is 36.1 Å². The molecule has 26 heavy (non-hydrogen) atoms. The zero-order chi connectivity index (χ0) is 17.5. The fourth-order valence-electron chi connectivity index (χ4n) is 4.27. The molecule has 0 amide bonds.